The molecule has 3 aromatic rings. The molecule has 0 bridgehead atoms. The second-order valence-corrected chi connectivity index (χ2v) is 7.98. The van der Waals surface area contributed by atoms with E-state index >= 15 is 0 Å². The molecule has 1 amide bonds. The minimum absolute atomic E-state index is 0.0530. The Labute approximate surface area is 159 Å². The van der Waals surface area contributed by atoms with Crippen molar-refractivity contribution in [2.45, 2.75) is 39.3 Å². The van der Waals surface area contributed by atoms with E-state index in [1.165, 1.54) is 11.3 Å². The largest absolute Gasteiger partial charge is 0.344 e. The third-order valence-electron chi connectivity index (χ3n) is 5.14. The van der Waals surface area contributed by atoms with Crippen LogP contribution in [0.25, 0.3) is 0 Å². The van der Waals surface area contributed by atoms with E-state index in [2.05, 4.69) is 46.1 Å². The van der Waals surface area contributed by atoms with Crippen LogP contribution in [0.3, 0.4) is 0 Å². The molecule has 4 rings (SSSR count). The fraction of sp³-hybridized carbons (Fsp3) is 0.318. The van der Waals surface area contributed by atoms with E-state index in [1.807, 2.05) is 36.5 Å². The van der Waals surface area contributed by atoms with E-state index in [9.17, 15) is 4.79 Å². The van der Waals surface area contributed by atoms with Gasteiger partial charge in [0, 0.05) is 17.5 Å². The normalized spacial score (nSPS) is 17.9. The van der Waals surface area contributed by atoms with E-state index in [0.717, 1.165) is 24.9 Å². The van der Waals surface area contributed by atoms with Gasteiger partial charge in [-0.1, -0.05) is 50.2 Å². The molecule has 0 spiro atoms. The Morgan fingerprint density at radius 3 is 2.70 bits per heavy atom. The molecule has 1 aliphatic carbocycles. The van der Waals surface area contributed by atoms with Gasteiger partial charge >= 0.3 is 0 Å². The number of hydrogen-bond acceptors (Lipinski definition) is 3. The van der Waals surface area contributed by atoms with Gasteiger partial charge in [0.15, 0.2) is 0 Å². The van der Waals surface area contributed by atoms with Crippen molar-refractivity contribution >= 4 is 5.91 Å². The molecule has 0 fully saturated rings. The second kappa shape index (κ2) is 6.99. The molecule has 1 atom stereocenters. The molecule has 2 aromatic heterocycles. The summed E-state index contributed by atoms with van der Waals surface area (Å²) in [6, 6.07) is 15.7. The summed E-state index contributed by atoms with van der Waals surface area (Å²) in [7, 11) is 0. The molecule has 1 N–H and O–H groups in total. The molecule has 0 unspecified atom stereocenters. The van der Waals surface area contributed by atoms with Gasteiger partial charge in [-0.3, -0.25) is 14.5 Å². The predicted molar refractivity (Wildman–Crippen MR) is 104 cm³/mol. The topological polar surface area (TPSA) is 59.8 Å². The summed E-state index contributed by atoms with van der Waals surface area (Å²) in [5.74, 6) is -0.139. The summed E-state index contributed by atoms with van der Waals surface area (Å²) in [6.07, 6.45) is 5.39. The summed E-state index contributed by atoms with van der Waals surface area (Å²) in [4.78, 5) is 16.8. The van der Waals surface area contributed by atoms with Crippen LogP contribution in [-0.4, -0.2) is 20.7 Å². The first-order chi connectivity index (χ1) is 13.0. The molecule has 5 nitrogen and oxygen atoms in total. The van der Waals surface area contributed by atoms with Crippen molar-refractivity contribution in [1.29, 1.82) is 0 Å². The number of benzene rings is 1. The van der Waals surface area contributed by atoms with Gasteiger partial charge in [-0.2, -0.15) is 5.10 Å². The fourth-order valence-electron chi connectivity index (χ4n) is 3.85. The standard InChI is InChI=1S/C22H24N4O/c1-22(2)12-19(25-21(27)18-10-6-7-11-23-18)17-14-24-26(20(17)13-22)15-16-8-4-3-5-9-16/h3-11,14,19H,12-13,15H2,1-2H3,(H,25,27)/t19-/m0/s1. The number of carbonyl (C=O) groups is 1. The number of nitrogens with one attached hydrogen (secondary N) is 1. The van der Waals surface area contributed by atoms with Gasteiger partial charge in [-0.05, 0) is 36.0 Å². The molecule has 0 saturated heterocycles. The molecule has 138 valence electrons. The lowest BCUT2D eigenvalue weighted by Gasteiger charge is -2.36. The van der Waals surface area contributed by atoms with E-state index < -0.39 is 0 Å². The van der Waals surface area contributed by atoms with Crippen LogP contribution in [0.1, 0.15) is 53.6 Å². The Kier molecular flexibility index (Phi) is 4.52. The van der Waals surface area contributed by atoms with Gasteiger partial charge in [0.05, 0.1) is 18.8 Å². The number of hydrogen-bond donors (Lipinski definition) is 1. The third-order valence-corrected chi connectivity index (χ3v) is 5.14. The van der Waals surface area contributed by atoms with Crippen LogP contribution < -0.4 is 5.32 Å². The van der Waals surface area contributed by atoms with Crippen molar-refractivity contribution in [1.82, 2.24) is 20.1 Å². The van der Waals surface area contributed by atoms with Crippen LogP contribution in [0.15, 0.2) is 60.9 Å². The first-order valence-corrected chi connectivity index (χ1v) is 9.32. The number of pyridine rings is 1. The van der Waals surface area contributed by atoms with Crippen LogP contribution in [-0.2, 0) is 13.0 Å². The highest BCUT2D eigenvalue weighted by molar-refractivity contribution is 5.92. The summed E-state index contributed by atoms with van der Waals surface area (Å²) >= 11 is 0. The first-order valence-electron chi connectivity index (χ1n) is 9.32. The monoisotopic (exact) mass is 360 g/mol. The number of fused-ring (bicyclic) bond motifs is 1. The lowest BCUT2D eigenvalue weighted by molar-refractivity contribution is 0.0914. The number of rotatable bonds is 4. The van der Waals surface area contributed by atoms with Gasteiger partial charge in [-0.15, -0.1) is 0 Å². The molecule has 1 aromatic carbocycles. The van der Waals surface area contributed by atoms with Crippen molar-refractivity contribution in [2.24, 2.45) is 5.41 Å². The zero-order chi connectivity index (χ0) is 18.9. The lowest BCUT2D eigenvalue weighted by atomic mass is 9.74. The van der Waals surface area contributed by atoms with Crippen molar-refractivity contribution in [3.63, 3.8) is 0 Å². The van der Waals surface area contributed by atoms with Crippen LogP contribution >= 0.6 is 0 Å². The van der Waals surface area contributed by atoms with Crippen molar-refractivity contribution in [3.8, 4) is 0 Å². The average Bonchev–Trinajstić information content (AvgIpc) is 3.05. The zero-order valence-electron chi connectivity index (χ0n) is 15.7. The van der Waals surface area contributed by atoms with E-state index in [-0.39, 0.29) is 17.4 Å². The molecule has 1 aliphatic rings. The van der Waals surface area contributed by atoms with Crippen molar-refractivity contribution in [3.05, 3.63) is 83.4 Å². The second-order valence-electron chi connectivity index (χ2n) is 7.98. The Hall–Kier alpha value is -2.95. The average molecular weight is 360 g/mol. The Bertz CT molecular complexity index is 931. The van der Waals surface area contributed by atoms with Crippen LogP contribution in [0, 0.1) is 5.41 Å². The number of aromatic nitrogens is 3. The van der Waals surface area contributed by atoms with Crippen LogP contribution in [0.4, 0.5) is 0 Å². The molecule has 2 heterocycles. The minimum Gasteiger partial charge on any atom is -0.344 e. The lowest BCUT2D eigenvalue weighted by Crippen LogP contribution is -2.37. The molecule has 27 heavy (non-hydrogen) atoms. The van der Waals surface area contributed by atoms with Crippen molar-refractivity contribution in [2.75, 3.05) is 0 Å². The quantitative estimate of drug-likeness (QED) is 0.770. The van der Waals surface area contributed by atoms with Gasteiger partial charge in [0.2, 0.25) is 0 Å². The maximum absolute atomic E-state index is 12.6. The molecule has 0 saturated carbocycles. The zero-order valence-corrected chi connectivity index (χ0v) is 15.7. The number of carbonyl (C=O) groups excluding carboxylic acids is 1. The predicted octanol–water partition coefficient (Wildman–Crippen LogP) is 3.77. The van der Waals surface area contributed by atoms with Gasteiger partial charge in [0.1, 0.15) is 5.69 Å². The summed E-state index contributed by atoms with van der Waals surface area (Å²) in [5.41, 5.74) is 4.08. The molecular formula is C22H24N4O. The Morgan fingerprint density at radius 2 is 1.96 bits per heavy atom. The van der Waals surface area contributed by atoms with Gasteiger partial charge in [0.25, 0.3) is 5.91 Å². The summed E-state index contributed by atoms with van der Waals surface area (Å²) < 4.78 is 2.07. The Morgan fingerprint density at radius 1 is 1.19 bits per heavy atom. The van der Waals surface area contributed by atoms with E-state index in [4.69, 9.17) is 0 Å². The van der Waals surface area contributed by atoms with E-state index in [1.54, 1.807) is 12.3 Å². The van der Waals surface area contributed by atoms with Crippen LogP contribution in [0.2, 0.25) is 0 Å². The first kappa shape index (κ1) is 17.5. The maximum atomic E-state index is 12.6. The molecule has 0 aliphatic heterocycles. The van der Waals surface area contributed by atoms with E-state index in [0.29, 0.717) is 5.69 Å². The molecular weight excluding hydrogens is 336 g/mol. The number of nitrogens with zero attached hydrogens (tertiary/aromatic N) is 3. The summed E-state index contributed by atoms with van der Waals surface area (Å²) in [5, 5.41) is 7.81. The highest BCUT2D eigenvalue weighted by Crippen LogP contribution is 2.40. The molecule has 5 heteroatoms. The summed E-state index contributed by atoms with van der Waals surface area (Å²) in [6.45, 7) is 5.23. The highest BCUT2D eigenvalue weighted by Gasteiger charge is 2.35. The SMILES string of the molecule is CC1(C)Cc2c(cnn2Cc2ccccc2)[C@@H](NC(=O)c2ccccn2)C1. The van der Waals surface area contributed by atoms with Crippen LogP contribution in [0.5, 0.6) is 0 Å². The highest BCUT2D eigenvalue weighted by atomic mass is 16.1. The third kappa shape index (κ3) is 3.77. The maximum Gasteiger partial charge on any atom is 0.270 e. The Balaban J connectivity index is 1.61. The minimum atomic E-state index is -0.139. The van der Waals surface area contributed by atoms with Crippen molar-refractivity contribution < 1.29 is 4.79 Å². The van der Waals surface area contributed by atoms with Gasteiger partial charge in [-0.25, -0.2) is 0 Å². The smallest absolute Gasteiger partial charge is 0.270 e. The fourth-order valence-corrected chi connectivity index (χ4v) is 3.85. The number of amides is 1. The van der Waals surface area contributed by atoms with Gasteiger partial charge < -0.3 is 5.32 Å². The molecule has 0 radical (unpaired) electrons.